The van der Waals surface area contributed by atoms with Gasteiger partial charge in [0.15, 0.2) is 17.5 Å². The Hall–Kier alpha value is -3.47. The maximum atomic E-state index is 14.5. The van der Waals surface area contributed by atoms with E-state index < -0.39 is 72.5 Å². The fourth-order valence-electron chi connectivity index (χ4n) is 2.79. The molecule has 0 saturated carbocycles. The highest BCUT2D eigenvalue weighted by molar-refractivity contribution is 6.35. The Morgan fingerprint density at radius 1 is 1.17 bits per heavy atom. The maximum absolute atomic E-state index is 14.5. The first-order valence-corrected chi connectivity index (χ1v) is 8.50. The summed E-state index contributed by atoms with van der Waals surface area (Å²) in [5.74, 6) is -7.14. The molecule has 7 nitrogen and oxygen atoms in total. The molecule has 0 atom stereocenters. The first kappa shape index (κ1) is 21.2. The number of nitrogens with zero attached hydrogens (tertiary/aromatic N) is 2. The third-order valence-corrected chi connectivity index (χ3v) is 4.44. The van der Waals surface area contributed by atoms with Gasteiger partial charge in [-0.2, -0.15) is 4.39 Å². The minimum atomic E-state index is -1.58. The quantitative estimate of drug-likeness (QED) is 0.197. The molecule has 0 aliphatic rings. The molecule has 1 aromatic heterocycles. The normalized spacial score (nSPS) is 11.0. The van der Waals surface area contributed by atoms with E-state index in [2.05, 4.69) is 0 Å². The highest BCUT2D eigenvalue weighted by atomic mass is 35.5. The van der Waals surface area contributed by atoms with Gasteiger partial charge in [-0.1, -0.05) is 11.6 Å². The second-order valence-electron chi connectivity index (χ2n) is 5.86. The van der Waals surface area contributed by atoms with E-state index in [1.165, 1.54) is 6.92 Å². The van der Waals surface area contributed by atoms with Gasteiger partial charge in [-0.15, -0.1) is 0 Å². The summed E-state index contributed by atoms with van der Waals surface area (Å²) in [6, 6.07) is 1.09. The summed E-state index contributed by atoms with van der Waals surface area (Å²) in [5.41, 5.74) is -4.29. The van der Waals surface area contributed by atoms with E-state index in [0.717, 1.165) is 0 Å². The van der Waals surface area contributed by atoms with Crippen LogP contribution in [0.15, 0.2) is 29.2 Å². The molecule has 0 aliphatic heterocycles. The highest BCUT2D eigenvalue weighted by Gasteiger charge is 2.26. The Morgan fingerprint density at radius 3 is 2.43 bits per heavy atom. The number of benzene rings is 2. The molecule has 0 N–H and O–H groups in total. The van der Waals surface area contributed by atoms with E-state index in [1.807, 2.05) is 0 Å². The first-order valence-electron chi connectivity index (χ1n) is 8.12. The number of nitro groups is 1. The van der Waals surface area contributed by atoms with E-state index in [1.54, 1.807) is 0 Å². The van der Waals surface area contributed by atoms with Gasteiger partial charge in [0, 0.05) is 18.3 Å². The van der Waals surface area contributed by atoms with Gasteiger partial charge in [-0.3, -0.25) is 14.9 Å². The van der Waals surface area contributed by atoms with E-state index in [4.69, 9.17) is 16.3 Å². The molecule has 3 aromatic rings. The molecule has 0 saturated heterocycles. The standard InChI is InChI=1S/C18H9ClF4N2O5/c1-2-30-18(27)8-6-24(12-5-13(25(28)29)10(21)4-9(12)20)16-7(17(8)26)3-11(22)15(23)14(16)19/h3-6H,2H2,1H3. The number of hydrogen-bond acceptors (Lipinski definition) is 5. The van der Waals surface area contributed by atoms with Crippen LogP contribution < -0.4 is 5.43 Å². The number of nitro benzene ring substituents is 1. The summed E-state index contributed by atoms with van der Waals surface area (Å²) in [6.45, 7) is 1.29. The van der Waals surface area contributed by atoms with Crippen LogP contribution in [-0.4, -0.2) is 22.1 Å². The molecular formula is C18H9ClF4N2O5. The van der Waals surface area contributed by atoms with Crippen molar-refractivity contribution in [3.63, 3.8) is 0 Å². The van der Waals surface area contributed by atoms with Crippen molar-refractivity contribution in [1.29, 1.82) is 0 Å². The second kappa shape index (κ2) is 7.75. The average Bonchev–Trinajstić information content (AvgIpc) is 2.67. The monoisotopic (exact) mass is 444 g/mol. The number of esters is 1. The zero-order chi connectivity index (χ0) is 22.3. The van der Waals surface area contributed by atoms with Crippen LogP contribution in [0.5, 0.6) is 0 Å². The van der Waals surface area contributed by atoms with Crippen LogP contribution in [-0.2, 0) is 4.74 Å². The Morgan fingerprint density at radius 2 is 1.83 bits per heavy atom. The van der Waals surface area contributed by atoms with Crippen molar-refractivity contribution in [2.24, 2.45) is 0 Å². The highest BCUT2D eigenvalue weighted by Crippen LogP contribution is 2.32. The van der Waals surface area contributed by atoms with Crippen molar-refractivity contribution in [3.05, 3.63) is 78.6 Å². The average molecular weight is 445 g/mol. The van der Waals surface area contributed by atoms with Crippen LogP contribution >= 0.6 is 11.6 Å². The largest absolute Gasteiger partial charge is 0.462 e. The third-order valence-electron chi connectivity index (χ3n) is 4.09. The second-order valence-corrected chi connectivity index (χ2v) is 6.23. The summed E-state index contributed by atoms with van der Waals surface area (Å²) < 4.78 is 61.5. The van der Waals surface area contributed by atoms with Crippen molar-refractivity contribution in [1.82, 2.24) is 4.57 Å². The van der Waals surface area contributed by atoms with Crippen LogP contribution in [0.25, 0.3) is 16.6 Å². The summed E-state index contributed by atoms with van der Waals surface area (Å²) in [6.07, 6.45) is 0.700. The molecule has 2 aromatic carbocycles. The number of aromatic nitrogens is 1. The van der Waals surface area contributed by atoms with E-state index in [0.29, 0.717) is 22.9 Å². The third kappa shape index (κ3) is 3.36. The molecular weight excluding hydrogens is 436 g/mol. The Labute approximate surface area is 169 Å². The maximum Gasteiger partial charge on any atom is 0.343 e. The lowest BCUT2D eigenvalue weighted by Crippen LogP contribution is -2.21. The van der Waals surface area contributed by atoms with Crippen LogP contribution in [0.1, 0.15) is 17.3 Å². The molecule has 30 heavy (non-hydrogen) atoms. The molecule has 1 heterocycles. The zero-order valence-corrected chi connectivity index (χ0v) is 15.6. The summed E-state index contributed by atoms with van der Waals surface area (Å²) >= 11 is 5.82. The summed E-state index contributed by atoms with van der Waals surface area (Å²) in [7, 11) is 0. The topological polar surface area (TPSA) is 91.4 Å². The van der Waals surface area contributed by atoms with Gasteiger partial charge >= 0.3 is 11.7 Å². The van der Waals surface area contributed by atoms with Gasteiger partial charge in [0.1, 0.15) is 10.6 Å². The summed E-state index contributed by atoms with van der Waals surface area (Å²) in [4.78, 5) is 34.7. The molecule has 0 radical (unpaired) electrons. The molecule has 0 fully saturated rings. The number of carbonyl (C=O) groups excluding carboxylic acids is 1. The zero-order valence-electron chi connectivity index (χ0n) is 14.8. The van der Waals surface area contributed by atoms with E-state index >= 15 is 0 Å². The van der Waals surface area contributed by atoms with Gasteiger partial charge in [-0.05, 0) is 13.0 Å². The van der Waals surface area contributed by atoms with Gasteiger partial charge in [0.2, 0.25) is 11.2 Å². The van der Waals surface area contributed by atoms with Crippen LogP contribution in [0, 0.1) is 33.4 Å². The Balaban J connectivity index is 2.54. The number of halogens is 5. The summed E-state index contributed by atoms with van der Waals surface area (Å²) in [5, 5.41) is 9.45. The molecule has 0 amide bonds. The SMILES string of the molecule is CCOC(=O)c1cn(-c2cc([N+](=O)[O-])c(F)cc2F)c2c(Cl)c(F)c(F)cc2c1=O. The van der Waals surface area contributed by atoms with Crippen molar-refractivity contribution >= 4 is 34.2 Å². The Bertz CT molecular complexity index is 1290. The number of hydrogen-bond donors (Lipinski definition) is 0. The van der Waals surface area contributed by atoms with Gasteiger partial charge in [0.05, 0.1) is 28.1 Å². The lowest BCUT2D eigenvalue weighted by atomic mass is 10.1. The number of carbonyl (C=O) groups is 1. The van der Waals surface area contributed by atoms with E-state index in [-0.39, 0.29) is 12.7 Å². The number of ether oxygens (including phenoxy) is 1. The fraction of sp³-hybridized carbons (Fsp3) is 0.111. The minimum absolute atomic E-state index is 0.148. The van der Waals surface area contributed by atoms with Crippen molar-refractivity contribution < 1.29 is 32.0 Å². The molecule has 3 rings (SSSR count). The van der Waals surface area contributed by atoms with Gasteiger partial charge < -0.3 is 9.30 Å². The molecule has 0 spiro atoms. The molecule has 0 bridgehead atoms. The predicted octanol–water partition coefficient (Wildman–Crippen LogP) is 4.29. The number of fused-ring (bicyclic) bond motifs is 1. The molecule has 12 heteroatoms. The van der Waals surface area contributed by atoms with Gasteiger partial charge in [-0.25, -0.2) is 18.0 Å². The number of rotatable bonds is 4. The van der Waals surface area contributed by atoms with Crippen LogP contribution in [0.3, 0.4) is 0 Å². The first-order chi connectivity index (χ1) is 14.1. The van der Waals surface area contributed by atoms with Crippen molar-refractivity contribution in [2.45, 2.75) is 6.92 Å². The lowest BCUT2D eigenvalue weighted by Gasteiger charge is -2.16. The molecule has 0 aliphatic carbocycles. The van der Waals surface area contributed by atoms with E-state index in [9.17, 15) is 37.3 Å². The lowest BCUT2D eigenvalue weighted by molar-refractivity contribution is -0.387. The predicted molar refractivity (Wildman–Crippen MR) is 97.0 cm³/mol. The molecule has 156 valence electrons. The van der Waals surface area contributed by atoms with Gasteiger partial charge in [0.25, 0.3) is 0 Å². The van der Waals surface area contributed by atoms with Crippen LogP contribution in [0.2, 0.25) is 5.02 Å². The molecule has 0 unspecified atom stereocenters. The van der Waals surface area contributed by atoms with Crippen molar-refractivity contribution in [3.8, 4) is 5.69 Å². The Kier molecular flexibility index (Phi) is 5.49. The smallest absolute Gasteiger partial charge is 0.343 e. The minimum Gasteiger partial charge on any atom is -0.462 e. The van der Waals surface area contributed by atoms with Crippen LogP contribution in [0.4, 0.5) is 23.2 Å². The number of pyridine rings is 1. The fourth-order valence-corrected chi connectivity index (χ4v) is 3.07. The van der Waals surface area contributed by atoms with Crippen molar-refractivity contribution in [2.75, 3.05) is 6.61 Å².